The number of nitrogens with zero attached hydrogens (tertiary/aromatic N) is 6. The van der Waals surface area contributed by atoms with E-state index in [9.17, 15) is 9.65 Å². The van der Waals surface area contributed by atoms with Crippen molar-refractivity contribution in [1.82, 2.24) is 25.2 Å². The number of benzene rings is 2. The van der Waals surface area contributed by atoms with E-state index in [4.69, 9.17) is 4.74 Å². The van der Waals surface area contributed by atoms with Crippen LogP contribution < -0.4 is 4.74 Å². The van der Waals surface area contributed by atoms with Crippen molar-refractivity contribution >= 4 is 10.8 Å². The van der Waals surface area contributed by atoms with Gasteiger partial charge in [-0.05, 0) is 51.7 Å². The Morgan fingerprint density at radius 1 is 1.15 bits per heavy atom. The molecule has 0 N–H and O–H groups in total. The molecule has 126 valence electrons. The fourth-order valence-electron chi connectivity index (χ4n) is 2.85. The summed E-state index contributed by atoms with van der Waals surface area (Å²) in [4.78, 5) is 4.42. The largest absolute Gasteiger partial charge is 0.497 e. The Hall–Kier alpha value is -3.86. The highest BCUT2D eigenvalue weighted by atomic mass is 19.1. The quantitative estimate of drug-likeness (QED) is 0.567. The van der Waals surface area contributed by atoms with Crippen molar-refractivity contribution in [3.05, 3.63) is 60.3 Å². The van der Waals surface area contributed by atoms with Crippen molar-refractivity contribution in [2.24, 2.45) is 0 Å². The molecule has 2 heterocycles. The molecule has 0 fully saturated rings. The molecule has 2 aromatic carbocycles. The molecule has 8 heteroatoms. The van der Waals surface area contributed by atoms with E-state index in [2.05, 4.69) is 26.6 Å². The summed E-state index contributed by atoms with van der Waals surface area (Å²) in [5.41, 5.74) is 1.22. The van der Waals surface area contributed by atoms with E-state index in [-0.39, 0.29) is 5.69 Å². The summed E-state index contributed by atoms with van der Waals surface area (Å²) in [5, 5.41) is 22.2. The normalized spacial score (nSPS) is 10.7. The van der Waals surface area contributed by atoms with Crippen LogP contribution in [0, 0.1) is 17.1 Å². The molecule has 0 amide bonds. The fraction of sp³-hybridized carbons (Fsp3) is 0.0556. The zero-order chi connectivity index (χ0) is 18.1. The fourth-order valence-corrected chi connectivity index (χ4v) is 2.85. The summed E-state index contributed by atoms with van der Waals surface area (Å²) in [5.74, 6) is 0.615. The Balaban J connectivity index is 2.14. The van der Waals surface area contributed by atoms with E-state index in [1.165, 1.54) is 23.1 Å². The first-order valence-corrected chi connectivity index (χ1v) is 7.62. The monoisotopic (exact) mass is 346 g/mol. The molecule has 0 unspecified atom stereocenters. The van der Waals surface area contributed by atoms with Gasteiger partial charge in [-0.1, -0.05) is 12.1 Å². The van der Waals surface area contributed by atoms with Crippen molar-refractivity contribution in [2.75, 3.05) is 7.11 Å². The van der Waals surface area contributed by atoms with Gasteiger partial charge in [0.25, 0.3) is 0 Å². The van der Waals surface area contributed by atoms with Crippen LogP contribution in [0.2, 0.25) is 0 Å². The number of hydrogen-bond donors (Lipinski definition) is 0. The lowest BCUT2D eigenvalue weighted by atomic mass is 9.97. The van der Waals surface area contributed by atoms with Crippen molar-refractivity contribution < 1.29 is 9.13 Å². The Labute approximate surface area is 147 Å². The summed E-state index contributed by atoms with van der Waals surface area (Å²) in [6.45, 7) is 0. The minimum absolute atomic E-state index is 0.141. The molecule has 0 aliphatic carbocycles. The van der Waals surface area contributed by atoms with E-state index < -0.39 is 5.82 Å². The van der Waals surface area contributed by atoms with E-state index in [0.717, 1.165) is 0 Å². The number of halogens is 1. The summed E-state index contributed by atoms with van der Waals surface area (Å²) in [6.07, 6.45) is 1.40. The minimum Gasteiger partial charge on any atom is -0.497 e. The van der Waals surface area contributed by atoms with Crippen LogP contribution in [0.3, 0.4) is 0 Å². The highest BCUT2D eigenvalue weighted by Gasteiger charge is 2.18. The van der Waals surface area contributed by atoms with Crippen molar-refractivity contribution in [1.29, 1.82) is 5.26 Å². The minimum atomic E-state index is -0.396. The molecular formula is C18H11FN6O. The standard InChI is InChI=1S/C18H11FN6O/c1-26-13-5-6-14-15(8-13)17(11-3-2-4-12(19)7-11)16(9-20)22-18(14)25-10-21-23-24-25/h2-8,10H,1H3. The van der Waals surface area contributed by atoms with Crippen LogP contribution >= 0.6 is 0 Å². The van der Waals surface area contributed by atoms with Gasteiger partial charge in [-0.15, -0.1) is 5.10 Å². The number of methoxy groups -OCH3 is 1. The van der Waals surface area contributed by atoms with Crippen molar-refractivity contribution in [3.8, 4) is 28.8 Å². The summed E-state index contributed by atoms with van der Waals surface area (Å²) in [7, 11) is 1.55. The first-order chi connectivity index (χ1) is 12.7. The number of ether oxygens (including phenoxy) is 1. The zero-order valence-corrected chi connectivity index (χ0v) is 13.6. The molecule has 4 rings (SSSR count). The SMILES string of the molecule is COc1ccc2c(-n3cnnn3)nc(C#N)c(-c3cccc(F)c3)c2c1. The highest BCUT2D eigenvalue weighted by molar-refractivity contribution is 6.02. The molecule has 26 heavy (non-hydrogen) atoms. The van der Waals surface area contributed by atoms with Gasteiger partial charge in [-0.25, -0.2) is 9.37 Å². The molecule has 0 saturated heterocycles. The lowest BCUT2D eigenvalue weighted by Gasteiger charge is -2.13. The summed E-state index contributed by atoms with van der Waals surface area (Å²) < 4.78 is 20.5. The van der Waals surface area contributed by atoms with Gasteiger partial charge >= 0.3 is 0 Å². The third-order valence-corrected chi connectivity index (χ3v) is 3.98. The topological polar surface area (TPSA) is 89.5 Å². The van der Waals surface area contributed by atoms with E-state index in [0.29, 0.717) is 33.5 Å². The average Bonchev–Trinajstić information content (AvgIpc) is 3.20. The molecule has 0 aliphatic heterocycles. The molecule has 0 radical (unpaired) electrons. The van der Waals surface area contributed by atoms with Gasteiger partial charge in [0, 0.05) is 10.9 Å². The van der Waals surface area contributed by atoms with Gasteiger partial charge < -0.3 is 4.74 Å². The highest BCUT2D eigenvalue weighted by Crippen LogP contribution is 2.35. The third kappa shape index (κ3) is 2.52. The maximum absolute atomic E-state index is 13.8. The lowest BCUT2D eigenvalue weighted by Crippen LogP contribution is -2.04. The average molecular weight is 346 g/mol. The van der Waals surface area contributed by atoms with Crippen LogP contribution in [0.15, 0.2) is 48.8 Å². The molecule has 4 aromatic rings. The molecule has 0 aliphatic rings. The summed E-state index contributed by atoms with van der Waals surface area (Å²) in [6, 6.07) is 13.5. The van der Waals surface area contributed by atoms with Crippen molar-refractivity contribution in [2.45, 2.75) is 0 Å². The second-order valence-electron chi connectivity index (χ2n) is 5.45. The predicted molar refractivity (Wildman–Crippen MR) is 91.1 cm³/mol. The molecule has 2 aromatic heterocycles. The van der Waals surface area contributed by atoms with Gasteiger partial charge in [0.2, 0.25) is 0 Å². The number of nitriles is 1. The first kappa shape index (κ1) is 15.7. The maximum Gasteiger partial charge on any atom is 0.166 e. The van der Waals surface area contributed by atoms with Crippen LogP contribution in [0.25, 0.3) is 27.7 Å². The zero-order valence-electron chi connectivity index (χ0n) is 13.6. The lowest BCUT2D eigenvalue weighted by molar-refractivity contribution is 0.415. The molecular weight excluding hydrogens is 335 g/mol. The van der Waals surface area contributed by atoms with Gasteiger partial charge in [-0.3, -0.25) is 0 Å². The van der Waals surface area contributed by atoms with Crippen LogP contribution in [-0.2, 0) is 0 Å². The van der Waals surface area contributed by atoms with Gasteiger partial charge in [0.15, 0.2) is 11.5 Å². The molecule has 0 spiro atoms. The number of aromatic nitrogens is 5. The number of rotatable bonds is 3. The Kier molecular flexibility index (Phi) is 3.74. The predicted octanol–water partition coefficient (Wildman–Crippen LogP) is 2.90. The molecule has 7 nitrogen and oxygen atoms in total. The molecule has 0 atom stereocenters. The van der Waals surface area contributed by atoms with Crippen molar-refractivity contribution in [3.63, 3.8) is 0 Å². The van der Waals surface area contributed by atoms with Crippen LogP contribution in [0.5, 0.6) is 5.75 Å². The maximum atomic E-state index is 13.8. The van der Waals surface area contributed by atoms with E-state index in [1.807, 2.05) is 6.07 Å². The second kappa shape index (κ2) is 6.22. The number of pyridine rings is 1. The molecule has 0 bridgehead atoms. The van der Waals surface area contributed by atoms with Gasteiger partial charge in [-0.2, -0.15) is 9.94 Å². The van der Waals surface area contributed by atoms with Gasteiger partial charge in [0.05, 0.1) is 7.11 Å². The number of hydrogen-bond acceptors (Lipinski definition) is 6. The molecule has 0 saturated carbocycles. The summed E-state index contributed by atoms with van der Waals surface area (Å²) >= 11 is 0. The second-order valence-corrected chi connectivity index (χ2v) is 5.45. The van der Waals surface area contributed by atoms with Crippen LogP contribution in [0.4, 0.5) is 4.39 Å². The van der Waals surface area contributed by atoms with Gasteiger partial charge in [0.1, 0.15) is 24.0 Å². The number of tetrazole rings is 1. The van der Waals surface area contributed by atoms with E-state index >= 15 is 0 Å². The van der Waals surface area contributed by atoms with Crippen LogP contribution in [0.1, 0.15) is 5.69 Å². The Morgan fingerprint density at radius 2 is 2.04 bits per heavy atom. The number of fused-ring (bicyclic) bond motifs is 1. The third-order valence-electron chi connectivity index (χ3n) is 3.98. The first-order valence-electron chi connectivity index (χ1n) is 7.62. The van der Waals surface area contributed by atoms with E-state index in [1.54, 1.807) is 31.4 Å². The van der Waals surface area contributed by atoms with Crippen LogP contribution in [-0.4, -0.2) is 32.3 Å². The Bertz CT molecular complexity index is 1150. The Morgan fingerprint density at radius 3 is 2.73 bits per heavy atom. The smallest absolute Gasteiger partial charge is 0.166 e.